The molecule has 0 aliphatic heterocycles. The summed E-state index contributed by atoms with van der Waals surface area (Å²) in [5, 5.41) is 20.6. The summed E-state index contributed by atoms with van der Waals surface area (Å²) in [6, 6.07) is 5.58. The van der Waals surface area contributed by atoms with Crippen LogP contribution < -0.4 is 0 Å². The highest BCUT2D eigenvalue weighted by Crippen LogP contribution is 2.20. The van der Waals surface area contributed by atoms with Gasteiger partial charge in [0, 0.05) is 18.2 Å². The quantitative estimate of drug-likeness (QED) is 0.390. The number of para-hydroxylation sites is 1. The van der Waals surface area contributed by atoms with Gasteiger partial charge < -0.3 is 14.7 Å². The first kappa shape index (κ1) is 20.6. The molecule has 0 radical (unpaired) electrons. The molecule has 1 amide bonds. The van der Waals surface area contributed by atoms with Crippen molar-refractivity contribution in [1.82, 2.24) is 4.90 Å². The zero-order valence-electron chi connectivity index (χ0n) is 14.5. The maximum Gasteiger partial charge on any atom is 0.307 e. The molecule has 1 aromatic carbocycles. The number of aliphatic hydroxyl groups is 1. The van der Waals surface area contributed by atoms with E-state index in [1.54, 1.807) is 13.0 Å². The topological polar surface area (TPSA) is 110 Å². The number of rotatable bonds is 10. The van der Waals surface area contributed by atoms with Crippen LogP contribution in [0.2, 0.25) is 0 Å². The molecule has 1 N–H and O–H groups in total. The third-order valence-corrected chi connectivity index (χ3v) is 3.84. The Morgan fingerprint density at radius 3 is 2.56 bits per heavy atom. The van der Waals surface area contributed by atoms with Gasteiger partial charge in [-0.1, -0.05) is 25.1 Å². The number of benzene rings is 1. The highest BCUT2D eigenvalue weighted by atomic mass is 16.6. The number of carbonyl (C=O) groups excluding carboxylic acids is 2. The van der Waals surface area contributed by atoms with Gasteiger partial charge in [-0.3, -0.25) is 19.7 Å². The van der Waals surface area contributed by atoms with Gasteiger partial charge in [0.1, 0.15) is 0 Å². The summed E-state index contributed by atoms with van der Waals surface area (Å²) >= 11 is 0. The average molecular weight is 352 g/mol. The molecule has 25 heavy (non-hydrogen) atoms. The summed E-state index contributed by atoms with van der Waals surface area (Å²) in [4.78, 5) is 36.2. The smallest absolute Gasteiger partial charge is 0.307 e. The van der Waals surface area contributed by atoms with Crippen molar-refractivity contribution in [1.29, 1.82) is 0 Å². The van der Waals surface area contributed by atoms with Crippen molar-refractivity contribution in [3.8, 4) is 0 Å². The Bertz CT molecular complexity index is 601. The van der Waals surface area contributed by atoms with Crippen LogP contribution in [-0.4, -0.2) is 52.6 Å². The van der Waals surface area contributed by atoms with Crippen LogP contribution in [0.5, 0.6) is 0 Å². The highest BCUT2D eigenvalue weighted by molar-refractivity contribution is 5.81. The Morgan fingerprint density at radius 1 is 1.32 bits per heavy atom. The molecule has 138 valence electrons. The van der Waals surface area contributed by atoms with Gasteiger partial charge in [0.15, 0.2) is 0 Å². The number of aliphatic hydroxyl groups excluding tert-OH is 1. The molecular formula is C17H24N2O6. The summed E-state index contributed by atoms with van der Waals surface area (Å²) in [6.07, 6.45) is 0.339. The zero-order valence-corrected chi connectivity index (χ0v) is 14.5. The van der Waals surface area contributed by atoms with Gasteiger partial charge in [0.05, 0.1) is 37.0 Å². The molecule has 0 heterocycles. The molecule has 1 rings (SSSR count). The second-order valence-corrected chi connectivity index (χ2v) is 5.45. The van der Waals surface area contributed by atoms with E-state index >= 15 is 0 Å². The van der Waals surface area contributed by atoms with Crippen LogP contribution in [0.3, 0.4) is 0 Å². The maximum absolute atomic E-state index is 12.7. The summed E-state index contributed by atoms with van der Waals surface area (Å²) in [5.74, 6) is -0.807. The van der Waals surface area contributed by atoms with E-state index in [9.17, 15) is 24.8 Å². The zero-order chi connectivity index (χ0) is 18.8. The van der Waals surface area contributed by atoms with Crippen molar-refractivity contribution in [3.05, 3.63) is 39.9 Å². The van der Waals surface area contributed by atoms with Gasteiger partial charge in [-0.2, -0.15) is 0 Å². The highest BCUT2D eigenvalue weighted by Gasteiger charge is 2.25. The predicted molar refractivity (Wildman–Crippen MR) is 90.9 cm³/mol. The minimum absolute atomic E-state index is 0.00691. The van der Waals surface area contributed by atoms with Crippen molar-refractivity contribution >= 4 is 17.6 Å². The first-order chi connectivity index (χ1) is 11.9. The predicted octanol–water partition coefficient (Wildman–Crippen LogP) is 1.69. The summed E-state index contributed by atoms with van der Waals surface area (Å²) < 4.78 is 4.86. The van der Waals surface area contributed by atoms with Gasteiger partial charge in [0.25, 0.3) is 5.69 Å². The number of nitro benzene ring substituents is 1. The Hall–Kier alpha value is -2.48. The molecule has 1 atom stereocenters. The minimum Gasteiger partial charge on any atom is -0.466 e. The van der Waals surface area contributed by atoms with Crippen molar-refractivity contribution < 1.29 is 24.4 Å². The lowest BCUT2D eigenvalue weighted by molar-refractivity contribution is -0.385. The lowest BCUT2D eigenvalue weighted by atomic mass is 10.1. The summed E-state index contributed by atoms with van der Waals surface area (Å²) in [6.45, 7) is 3.61. The Labute approximate surface area is 146 Å². The third-order valence-electron chi connectivity index (χ3n) is 3.84. The van der Waals surface area contributed by atoms with Gasteiger partial charge in [-0.25, -0.2) is 0 Å². The van der Waals surface area contributed by atoms with E-state index < -0.39 is 16.9 Å². The second kappa shape index (κ2) is 10.4. The van der Waals surface area contributed by atoms with Crippen LogP contribution in [0.25, 0.3) is 0 Å². The molecule has 1 aromatic rings. The first-order valence-electron chi connectivity index (χ1n) is 8.22. The molecular weight excluding hydrogens is 328 g/mol. The van der Waals surface area contributed by atoms with E-state index in [2.05, 4.69) is 0 Å². The van der Waals surface area contributed by atoms with Crippen LogP contribution in [0, 0.1) is 10.1 Å². The fourth-order valence-electron chi connectivity index (χ4n) is 2.51. The second-order valence-electron chi connectivity index (χ2n) is 5.45. The lowest BCUT2D eigenvalue weighted by Gasteiger charge is -2.29. The van der Waals surface area contributed by atoms with E-state index in [1.807, 2.05) is 6.92 Å². The number of hydrogen-bond donors (Lipinski definition) is 1. The molecule has 0 saturated heterocycles. The Balaban J connectivity index is 2.92. The minimum atomic E-state index is -0.533. The molecule has 8 heteroatoms. The van der Waals surface area contributed by atoms with Crippen LogP contribution in [0.1, 0.15) is 32.3 Å². The SMILES string of the molecule is CCOC(=O)CCN(C(=O)Cc1ccccc1[N+](=O)[O-])C(CC)CO. The maximum atomic E-state index is 12.7. The monoisotopic (exact) mass is 352 g/mol. The first-order valence-corrected chi connectivity index (χ1v) is 8.22. The van der Waals surface area contributed by atoms with Crippen molar-refractivity contribution in [2.75, 3.05) is 19.8 Å². The van der Waals surface area contributed by atoms with Crippen LogP contribution in [0.15, 0.2) is 24.3 Å². The molecule has 1 unspecified atom stereocenters. The molecule has 0 bridgehead atoms. The number of carbonyl (C=O) groups is 2. The summed E-state index contributed by atoms with van der Waals surface area (Å²) in [5.41, 5.74) is 0.171. The van der Waals surface area contributed by atoms with E-state index in [0.29, 0.717) is 12.0 Å². The van der Waals surface area contributed by atoms with E-state index in [4.69, 9.17) is 4.74 Å². The largest absolute Gasteiger partial charge is 0.466 e. The third kappa shape index (κ3) is 6.15. The number of ether oxygens (including phenoxy) is 1. The molecule has 0 saturated carbocycles. The number of esters is 1. The van der Waals surface area contributed by atoms with Crippen molar-refractivity contribution in [2.24, 2.45) is 0 Å². The van der Waals surface area contributed by atoms with E-state index in [-0.39, 0.29) is 44.2 Å². The van der Waals surface area contributed by atoms with Crippen LogP contribution >= 0.6 is 0 Å². The molecule has 0 aliphatic carbocycles. The van der Waals surface area contributed by atoms with Crippen LogP contribution in [0.4, 0.5) is 5.69 Å². The van der Waals surface area contributed by atoms with Crippen molar-refractivity contribution in [3.63, 3.8) is 0 Å². The lowest BCUT2D eigenvalue weighted by Crippen LogP contribution is -2.44. The normalized spacial score (nSPS) is 11.6. The fraction of sp³-hybridized carbons (Fsp3) is 0.529. The molecule has 0 aromatic heterocycles. The molecule has 0 aliphatic rings. The standard InChI is InChI=1S/C17H24N2O6/c1-3-14(12-20)18(10-9-17(22)25-4-2)16(21)11-13-7-5-6-8-15(13)19(23)24/h5-8,14,20H,3-4,9-12H2,1-2H3. The van der Waals surface area contributed by atoms with Gasteiger partial charge >= 0.3 is 5.97 Å². The average Bonchev–Trinajstić information content (AvgIpc) is 2.59. The van der Waals surface area contributed by atoms with Gasteiger partial charge in [0.2, 0.25) is 5.91 Å². The molecule has 0 spiro atoms. The van der Waals surface area contributed by atoms with E-state index in [1.165, 1.54) is 23.1 Å². The number of hydrogen-bond acceptors (Lipinski definition) is 6. The molecule has 8 nitrogen and oxygen atoms in total. The Morgan fingerprint density at radius 2 is 2.00 bits per heavy atom. The van der Waals surface area contributed by atoms with Crippen LogP contribution in [-0.2, 0) is 20.7 Å². The van der Waals surface area contributed by atoms with E-state index in [0.717, 1.165) is 0 Å². The van der Waals surface area contributed by atoms with Gasteiger partial charge in [-0.15, -0.1) is 0 Å². The van der Waals surface area contributed by atoms with Crippen molar-refractivity contribution in [2.45, 2.75) is 39.2 Å². The number of nitro groups is 1. The fourth-order valence-corrected chi connectivity index (χ4v) is 2.51. The Kier molecular flexibility index (Phi) is 8.55. The summed E-state index contributed by atoms with van der Waals surface area (Å²) in [7, 11) is 0. The number of nitrogens with zero attached hydrogens (tertiary/aromatic N) is 2. The molecule has 0 fully saturated rings. The number of amides is 1. The van der Waals surface area contributed by atoms with Gasteiger partial charge in [-0.05, 0) is 13.3 Å².